The minimum absolute atomic E-state index is 0.00304. The van der Waals surface area contributed by atoms with Crippen molar-refractivity contribution in [3.8, 4) is 0 Å². The first kappa shape index (κ1) is 14.9. The number of nitro groups is 1. The molecule has 0 aliphatic heterocycles. The fraction of sp³-hybridized carbons (Fsp3) is 0.231. The number of aryl methyl sites for hydroxylation is 2. The van der Waals surface area contributed by atoms with Crippen LogP contribution < -0.4 is 10.6 Å². The molecule has 0 radical (unpaired) electrons. The van der Waals surface area contributed by atoms with Gasteiger partial charge in [0.1, 0.15) is 5.01 Å². The molecule has 2 rings (SSSR count). The molecule has 0 atom stereocenters. The van der Waals surface area contributed by atoms with Crippen LogP contribution in [0.5, 0.6) is 0 Å². The average molecular weight is 306 g/mol. The highest BCUT2D eigenvalue weighted by Gasteiger charge is 2.10. The van der Waals surface area contributed by atoms with Gasteiger partial charge in [-0.3, -0.25) is 10.1 Å². The number of thiazole rings is 1. The van der Waals surface area contributed by atoms with E-state index in [9.17, 15) is 14.9 Å². The predicted octanol–water partition coefficient (Wildman–Crippen LogP) is 2.99. The van der Waals surface area contributed by atoms with Crippen molar-refractivity contribution in [2.24, 2.45) is 0 Å². The van der Waals surface area contributed by atoms with Crippen molar-refractivity contribution in [2.75, 3.05) is 5.32 Å². The number of aromatic nitrogens is 1. The van der Waals surface area contributed by atoms with Gasteiger partial charge in [0.25, 0.3) is 5.69 Å². The van der Waals surface area contributed by atoms with Crippen LogP contribution in [0.2, 0.25) is 0 Å². The molecular weight excluding hydrogens is 292 g/mol. The van der Waals surface area contributed by atoms with E-state index in [0.29, 0.717) is 17.8 Å². The number of nitrogens with one attached hydrogen (secondary N) is 2. The van der Waals surface area contributed by atoms with E-state index in [-0.39, 0.29) is 11.7 Å². The smallest absolute Gasteiger partial charge is 0.319 e. The van der Waals surface area contributed by atoms with Crippen LogP contribution in [0.1, 0.15) is 16.3 Å². The maximum absolute atomic E-state index is 11.8. The minimum Gasteiger partial charge on any atom is -0.331 e. The zero-order valence-electron chi connectivity index (χ0n) is 11.5. The number of benzene rings is 1. The van der Waals surface area contributed by atoms with Crippen molar-refractivity contribution < 1.29 is 9.72 Å². The van der Waals surface area contributed by atoms with Gasteiger partial charge in [-0.05, 0) is 25.5 Å². The maximum atomic E-state index is 11.8. The lowest BCUT2D eigenvalue weighted by Gasteiger charge is -2.08. The standard InChI is InChI=1S/C13H14N4O3S/c1-8-5-10(17(19)20)3-4-11(8)16-13(18)14-6-12-15-9(2)7-21-12/h3-5,7H,6H2,1-2H3,(H2,14,16,18). The zero-order chi connectivity index (χ0) is 15.4. The molecule has 8 heteroatoms. The van der Waals surface area contributed by atoms with Gasteiger partial charge in [-0.15, -0.1) is 11.3 Å². The second-order valence-corrected chi connectivity index (χ2v) is 5.39. The number of nitro benzene ring substituents is 1. The van der Waals surface area contributed by atoms with Gasteiger partial charge in [-0.25, -0.2) is 9.78 Å². The van der Waals surface area contributed by atoms with E-state index in [1.54, 1.807) is 6.92 Å². The van der Waals surface area contributed by atoms with Gasteiger partial charge in [0.05, 0.1) is 11.5 Å². The first-order chi connectivity index (χ1) is 9.95. The van der Waals surface area contributed by atoms with Gasteiger partial charge >= 0.3 is 6.03 Å². The van der Waals surface area contributed by atoms with Gasteiger partial charge in [0.15, 0.2) is 0 Å². The van der Waals surface area contributed by atoms with Crippen molar-refractivity contribution in [2.45, 2.75) is 20.4 Å². The number of anilines is 1. The molecule has 110 valence electrons. The van der Waals surface area contributed by atoms with Crippen molar-refractivity contribution in [3.63, 3.8) is 0 Å². The summed E-state index contributed by atoms with van der Waals surface area (Å²) in [5.41, 5.74) is 2.08. The lowest BCUT2D eigenvalue weighted by Crippen LogP contribution is -2.28. The molecule has 0 spiro atoms. The third-order valence-electron chi connectivity index (χ3n) is 2.74. The Balaban J connectivity index is 1.94. The summed E-state index contributed by atoms with van der Waals surface area (Å²) in [4.78, 5) is 26.2. The van der Waals surface area contributed by atoms with Gasteiger partial charge in [-0.2, -0.15) is 0 Å². The first-order valence-corrected chi connectivity index (χ1v) is 7.04. The van der Waals surface area contributed by atoms with Crippen LogP contribution in [0.4, 0.5) is 16.2 Å². The Kier molecular flexibility index (Phi) is 4.49. The van der Waals surface area contributed by atoms with E-state index in [4.69, 9.17) is 0 Å². The van der Waals surface area contributed by atoms with Crippen LogP contribution >= 0.6 is 11.3 Å². The molecule has 0 unspecified atom stereocenters. The Morgan fingerprint density at radius 3 is 2.76 bits per heavy atom. The Morgan fingerprint density at radius 2 is 2.19 bits per heavy atom. The SMILES string of the molecule is Cc1csc(CNC(=O)Nc2ccc([N+](=O)[O-])cc2C)n1. The summed E-state index contributed by atoms with van der Waals surface area (Å²) < 4.78 is 0. The molecule has 0 aliphatic carbocycles. The van der Waals surface area contributed by atoms with Crippen molar-refractivity contribution in [1.29, 1.82) is 0 Å². The third kappa shape index (κ3) is 3.99. The van der Waals surface area contributed by atoms with Crippen molar-refractivity contribution in [1.82, 2.24) is 10.3 Å². The zero-order valence-corrected chi connectivity index (χ0v) is 12.4. The van der Waals surface area contributed by atoms with E-state index in [2.05, 4.69) is 15.6 Å². The molecule has 2 amide bonds. The highest BCUT2D eigenvalue weighted by atomic mass is 32.1. The van der Waals surface area contributed by atoms with Crippen LogP contribution in [0.3, 0.4) is 0 Å². The summed E-state index contributed by atoms with van der Waals surface area (Å²) in [5.74, 6) is 0. The molecule has 0 fully saturated rings. The molecule has 0 aliphatic rings. The first-order valence-electron chi connectivity index (χ1n) is 6.16. The molecule has 2 aromatic rings. The topological polar surface area (TPSA) is 97.2 Å². The fourth-order valence-electron chi connectivity index (χ4n) is 1.71. The summed E-state index contributed by atoms with van der Waals surface area (Å²) in [7, 11) is 0. The van der Waals surface area contributed by atoms with E-state index >= 15 is 0 Å². The normalized spacial score (nSPS) is 10.2. The summed E-state index contributed by atoms with van der Waals surface area (Å²) in [5, 5.41) is 18.7. The number of urea groups is 1. The number of hydrogen-bond acceptors (Lipinski definition) is 5. The van der Waals surface area contributed by atoms with Crippen LogP contribution in [-0.4, -0.2) is 15.9 Å². The number of nitrogens with zero attached hydrogens (tertiary/aromatic N) is 2. The van der Waals surface area contributed by atoms with Crippen LogP contribution in [-0.2, 0) is 6.54 Å². The summed E-state index contributed by atoms with van der Waals surface area (Å²) in [6, 6.07) is 3.91. The maximum Gasteiger partial charge on any atom is 0.319 e. The third-order valence-corrected chi connectivity index (χ3v) is 3.70. The highest BCUT2D eigenvalue weighted by molar-refractivity contribution is 7.09. The summed E-state index contributed by atoms with van der Waals surface area (Å²) >= 11 is 1.48. The number of hydrogen-bond donors (Lipinski definition) is 2. The number of carbonyl (C=O) groups is 1. The number of non-ortho nitro benzene ring substituents is 1. The van der Waals surface area contributed by atoms with Gasteiger partial charge in [0.2, 0.25) is 0 Å². The molecule has 1 aromatic heterocycles. The van der Waals surface area contributed by atoms with E-state index in [1.807, 2.05) is 12.3 Å². The second-order valence-electron chi connectivity index (χ2n) is 4.45. The molecule has 0 saturated carbocycles. The lowest BCUT2D eigenvalue weighted by atomic mass is 10.2. The quantitative estimate of drug-likeness (QED) is 0.670. The van der Waals surface area contributed by atoms with Crippen LogP contribution in [0, 0.1) is 24.0 Å². The largest absolute Gasteiger partial charge is 0.331 e. The summed E-state index contributed by atoms with van der Waals surface area (Å²) in [6.07, 6.45) is 0. The Labute approximate surface area is 125 Å². The Morgan fingerprint density at radius 1 is 1.43 bits per heavy atom. The fourth-order valence-corrected chi connectivity index (χ4v) is 2.42. The van der Waals surface area contributed by atoms with Crippen LogP contribution in [0.15, 0.2) is 23.6 Å². The molecule has 2 N–H and O–H groups in total. The van der Waals surface area contributed by atoms with Gasteiger partial charge in [-0.1, -0.05) is 0 Å². The molecular formula is C13H14N4O3S. The average Bonchev–Trinajstić information content (AvgIpc) is 2.84. The van der Waals surface area contributed by atoms with E-state index < -0.39 is 4.92 Å². The number of amides is 2. The monoisotopic (exact) mass is 306 g/mol. The minimum atomic E-state index is -0.471. The molecule has 7 nitrogen and oxygen atoms in total. The van der Waals surface area contributed by atoms with Gasteiger partial charge in [0, 0.05) is 28.9 Å². The predicted molar refractivity (Wildman–Crippen MR) is 80.5 cm³/mol. The molecule has 1 heterocycles. The summed E-state index contributed by atoms with van der Waals surface area (Å²) in [6.45, 7) is 3.93. The second kappa shape index (κ2) is 6.31. The molecule has 21 heavy (non-hydrogen) atoms. The molecule has 0 saturated heterocycles. The van der Waals surface area contributed by atoms with Gasteiger partial charge < -0.3 is 10.6 Å². The molecule has 1 aromatic carbocycles. The Hall–Kier alpha value is -2.48. The molecule has 0 bridgehead atoms. The lowest BCUT2D eigenvalue weighted by molar-refractivity contribution is -0.384. The van der Waals surface area contributed by atoms with Crippen molar-refractivity contribution in [3.05, 3.63) is 50.0 Å². The Bertz CT molecular complexity index is 684. The van der Waals surface area contributed by atoms with Crippen LogP contribution in [0.25, 0.3) is 0 Å². The van der Waals surface area contributed by atoms with E-state index in [0.717, 1.165) is 10.7 Å². The van der Waals surface area contributed by atoms with Crippen molar-refractivity contribution >= 4 is 28.7 Å². The number of carbonyl (C=O) groups excluding carboxylic acids is 1. The van der Waals surface area contributed by atoms with E-state index in [1.165, 1.54) is 29.5 Å². The number of rotatable bonds is 4. The highest BCUT2D eigenvalue weighted by Crippen LogP contribution is 2.21.